The van der Waals surface area contributed by atoms with Crippen molar-refractivity contribution in [3.63, 3.8) is 0 Å². The molecule has 0 N–H and O–H groups in total. The molecule has 0 unspecified atom stereocenters. The number of nitrogens with zero attached hydrogens (tertiary/aromatic N) is 4. The molecule has 0 saturated carbocycles. The summed E-state index contributed by atoms with van der Waals surface area (Å²) in [4.78, 5) is 21.7. The maximum atomic E-state index is 13.0. The topological polar surface area (TPSA) is 60.3 Å². The lowest BCUT2D eigenvalue weighted by Gasteiger charge is -2.17. The summed E-state index contributed by atoms with van der Waals surface area (Å²) < 4.78 is 13.0. The summed E-state index contributed by atoms with van der Waals surface area (Å²) in [7, 11) is 0. The Labute approximate surface area is 206 Å². The minimum atomic E-state index is -0.225. The van der Waals surface area contributed by atoms with Gasteiger partial charge < -0.3 is 4.84 Å². The normalized spacial score (nSPS) is 14.2. The highest BCUT2D eigenvalue weighted by atomic mass is 32.2. The molecule has 0 saturated heterocycles. The summed E-state index contributed by atoms with van der Waals surface area (Å²) in [5, 5.41) is 5.38. The predicted molar refractivity (Wildman–Crippen MR) is 136 cm³/mol. The molecule has 3 heterocycles. The lowest BCUT2D eigenvalue weighted by atomic mass is 9.94. The molecule has 172 valence electrons. The number of hydrogen-bond acceptors (Lipinski definition) is 7. The molecule has 5 rings (SSSR count). The molecule has 0 radical (unpaired) electrons. The van der Waals surface area contributed by atoms with Crippen LogP contribution in [0.4, 0.5) is 4.39 Å². The Balaban J connectivity index is 1.30. The largest absolute Gasteiger partial charge is 0.395 e. The summed E-state index contributed by atoms with van der Waals surface area (Å²) in [6.45, 7) is 2.49. The van der Waals surface area contributed by atoms with Crippen LogP contribution < -0.4 is 0 Å². The van der Waals surface area contributed by atoms with Gasteiger partial charge in [0.05, 0.1) is 22.0 Å². The molecule has 0 aliphatic heterocycles. The summed E-state index contributed by atoms with van der Waals surface area (Å²) in [6.07, 6.45) is 6.46. The highest BCUT2D eigenvalue weighted by Gasteiger charge is 2.20. The van der Waals surface area contributed by atoms with E-state index in [9.17, 15) is 4.39 Å². The highest BCUT2D eigenvalue weighted by Crippen LogP contribution is 2.35. The van der Waals surface area contributed by atoms with Gasteiger partial charge in [-0.1, -0.05) is 11.2 Å². The van der Waals surface area contributed by atoms with E-state index in [1.165, 1.54) is 17.7 Å². The molecule has 0 spiro atoms. The van der Waals surface area contributed by atoms with E-state index in [1.807, 2.05) is 25.3 Å². The van der Waals surface area contributed by atoms with Crippen molar-refractivity contribution in [2.24, 2.45) is 5.16 Å². The first kappa shape index (κ1) is 22.7. The van der Waals surface area contributed by atoms with Crippen molar-refractivity contribution in [1.29, 1.82) is 0 Å². The molecular formula is C26H23FN4OS2. The second kappa shape index (κ2) is 10.4. The van der Waals surface area contributed by atoms with Gasteiger partial charge in [-0.15, -0.1) is 23.1 Å². The second-order valence-electron chi connectivity index (χ2n) is 7.91. The van der Waals surface area contributed by atoms with Gasteiger partial charge >= 0.3 is 0 Å². The average Bonchev–Trinajstić information content (AvgIpc) is 3.27. The monoisotopic (exact) mass is 490 g/mol. The summed E-state index contributed by atoms with van der Waals surface area (Å²) >= 11 is 3.25. The van der Waals surface area contributed by atoms with E-state index in [1.54, 1.807) is 41.4 Å². The Morgan fingerprint density at radius 3 is 2.79 bits per heavy atom. The number of thiazole rings is 1. The quantitative estimate of drug-likeness (QED) is 0.167. The molecule has 0 amide bonds. The van der Waals surface area contributed by atoms with Crippen LogP contribution in [0, 0.1) is 12.7 Å². The smallest absolute Gasteiger partial charge is 0.126 e. The molecular weight excluding hydrogens is 467 g/mol. The van der Waals surface area contributed by atoms with Crippen LogP contribution in [0.25, 0.3) is 21.1 Å². The van der Waals surface area contributed by atoms with Crippen LogP contribution in [-0.4, -0.2) is 33.0 Å². The van der Waals surface area contributed by atoms with E-state index in [0.717, 1.165) is 68.2 Å². The van der Waals surface area contributed by atoms with Crippen LogP contribution >= 0.6 is 23.1 Å². The van der Waals surface area contributed by atoms with Gasteiger partial charge in [0.15, 0.2) is 0 Å². The summed E-state index contributed by atoms with van der Waals surface area (Å²) in [5.41, 5.74) is 5.89. The van der Waals surface area contributed by atoms with Crippen molar-refractivity contribution >= 4 is 28.8 Å². The van der Waals surface area contributed by atoms with Crippen LogP contribution in [0.1, 0.15) is 29.8 Å². The molecule has 1 aliphatic carbocycles. The third-order valence-electron chi connectivity index (χ3n) is 5.48. The zero-order valence-corrected chi connectivity index (χ0v) is 20.3. The lowest BCUT2D eigenvalue weighted by Crippen LogP contribution is -2.15. The maximum absolute atomic E-state index is 13.0. The zero-order valence-electron chi connectivity index (χ0n) is 18.7. The van der Waals surface area contributed by atoms with E-state index in [-0.39, 0.29) is 5.82 Å². The van der Waals surface area contributed by atoms with Gasteiger partial charge in [0.25, 0.3) is 0 Å². The van der Waals surface area contributed by atoms with Crippen LogP contribution in [-0.2, 0) is 11.3 Å². The number of halogens is 1. The van der Waals surface area contributed by atoms with Crippen LogP contribution in [0.15, 0.2) is 71.0 Å². The van der Waals surface area contributed by atoms with Gasteiger partial charge in [0, 0.05) is 28.6 Å². The van der Waals surface area contributed by atoms with Crippen molar-refractivity contribution < 1.29 is 9.23 Å². The molecule has 1 aromatic carbocycles. The fraction of sp³-hybridized carbons (Fsp3) is 0.231. The first-order valence-electron chi connectivity index (χ1n) is 11.1. The van der Waals surface area contributed by atoms with E-state index >= 15 is 0 Å². The third kappa shape index (κ3) is 5.18. The minimum Gasteiger partial charge on any atom is -0.395 e. The maximum Gasteiger partial charge on any atom is 0.126 e. The molecule has 1 aliphatic rings. The van der Waals surface area contributed by atoms with Crippen molar-refractivity contribution in [2.45, 2.75) is 31.1 Å². The Morgan fingerprint density at radius 2 is 1.97 bits per heavy atom. The molecule has 0 fully saturated rings. The first-order valence-corrected chi connectivity index (χ1v) is 12.9. The molecule has 0 bridgehead atoms. The number of oxime groups is 1. The molecule has 4 aromatic rings. The Kier molecular flexibility index (Phi) is 6.97. The number of hydrogen-bond donors (Lipinski definition) is 0. The van der Waals surface area contributed by atoms with Gasteiger partial charge in [-0.3, -0.25) is 4.98 Å². The highest BCUT2D eigenvalue weighted by molar-refractivity contribution is 7.99. The molecule has 3 aromatic heterocycles. The van der Waals surface area contributed by atoms with E-state index < -0.39 is 0 Å². The van der Waals surface area contributed by atoms with Crippen molar-refractivity contribution in [3.8, 4) is 21.1 Å². The number of thioether (sulfide) groups is 1. The molecule has 5 nitrogen and oxygen atoms in total. The zero-order chi connectivity index (χ0) is 23.3. The van der Waals surface area contributed by atoms with Gasteiger partial charge in [0.1, 0.15) is 23.1 Å². The van der Waals surface area contributed by atoms with Crippen LogP contribution in [0.5, 0.6) is 0 Å². The van der Waals surface area contributed by atoms with Gasteiger partial charge in [-0.2, -0.15) is 0 Å². The number of fused-ring (bicyclic) bond motifs is 1. The Morgan fingerprint density at radius 1 is 1.09 bits per heavy atom. The van der Waals surface area contributed by atoms with Crippen LogP contribution in [0.3, 0.4) is 0 Å². The Bertz CT molecular complexity index is 1310. The summed E-state index contributed by atoms with van der Waals surface area (Å²) in [6, 6.07) is 14.7. The predicted octanol–water partition coefficient (Wildman–Crippen LogP) is 6.56. The van der Waals surface area contributed by atoms with E-state index in [0.29, 0.717) is 6.61 Å². The van der Waals surface area contributed by atoms with Gasteiger partial charge in [-0.25, -0.2) is 14.4 Å². The number of aryl methyl sites for hydroxylation is 2. The fourth-order valence-corrected chi connectivity index (χ4v) is 5.57. The average molecular weight is 491 g/mol. The molecule has 0 atom stereocenters. The number of pyridine rings is 2. The number of aromatic nitrogens is 3. The Hall–Kier alpha value is -3.10. The second-order valence-corrected chi connectivity index (χ2v) is 10.1. The first-order chi connectivity index (χ1) is 16.7. The van der Waals surface area contributed by atoms with Crippen molar-refractivity contribution in [3.05, 3.63) is 83.7 Å². The third-order valence-corrected chi connectivity index (χ3v) is 7.69. The minimum absolute atomic E-state index is 0.225. The standard InChI is InChI=1S/C26H23FN4OS2/c1-17-25(34-26(29-17)19-5-3-13-28-16-19)23-12-7-18-4-2-6-22(24(18)30-23)31-32-14-15-33-21-10-8-20(27)9-11-21/h3,5,7-13,16H,2,4,6,14-15H2,1H3/b31-22+. The molecule has 8 heteroatoms. The van der Waals surface area contributed by atoms with E-state index in [2.05, 4.69) is 22.3 Å². The fourth-order valence-electron chi connectivity index (χ4n) is 3.82. The summed E-state index contributed by atoms with van der Waals surface area (Å²) in [5.74, 6) is 0.511. The number of rotatable bonds is 7. The molecule has 34 heavy (non-hydrogen) atoms. The SMILES string of the molecule is Cc1nc(-c2cccnc2)sc1-c1ccc2c(n1)/C(=N/OCCSc1ccc(F)cc1)CCC2. The van der Waals surface area contributed by atoms with E-state index in [4.69, 9.17) is 14.8 Å². The lowest BCUT2D eigenvalue weighted by molar-refractivity contribution is 0.160. The van der Waals surface area contributed by atoms with Crippen LogP contribution in [0.2, 0.25) is 0 Å². The van der Waals surface area contributed by atoms with Crippen molar-refractivity contribution in [1.82, 2.24) is 15.0 Å². The number of benzene rings is 1. The van der Waals surface area contributed by atoms with Gasteiger partial charge in [0.2, 0.25) is 0 Å². The van der Waals surface area contributed by atoms with Crippen molar-refractivity contribution in [2.75, 3.05) is 12.4 Å². The van der Waals surface area contributed by atoms with Gasteiger partial charge in [-0.05, 0) is 74.2 Å².